The molecule has 2 aromatic heterocycles. The van der Waals surface area contributed by atoms with Crippen molar-refractivity contribution in [2.24, 2.45) is 0 Å². The zero-order valence-corrected chi connectivity index (χ0v) is 15.6. The van der Waals surface area contributed by atoms with Gasteiger partial charge in [-0.3, -0.25) is 4.98 Å². The first-order chi connectivity index (χ1) is 11.9. The van der Waals surface area contributed by atoms with Crippen molar-refractivity contribution in [2.45, 2.75) is 26.3 Å². The highest BCUT2D eigenvalue weighted by Crippen LogP contribution is 2.29. The second kappa shape index (κ2) is 7.05. The Morgan fingerprint density at radius 2 is 1.92 bits per heavy atom. The Morgan fingerprint density at radius 3 is 2.56 bits per heavy atom. The van der Waals surface area contributed by atoms with Crippen LogP contribution in [0.25, 0.3) is 11.4 Å². The summed E-state index contributed by atoms with van der Waals surface area (Å²) in [7, 11) is 0.650. The van der Waals surface area contributed by atoms with Crippen LogP contribution < -0.4 is 4.90 Å². The first kappa shape index (κ1) is 17.8. The summed E-state index contributed by atoms with van der Waals surface area (Å²) < 4.78 is 26.4. The van der Waals surface area contributed by atoms with Gasteiger partial charge in [-0.25, -0.2) is 18.4 Å². The summed E-state index contributed by atoms with van der Waals surface area (Å²) in [5, 5.41) is 0. The van der Waals surface area contributed by atoms with E-state index in [1.54, 1.807) is 16.7 Å². The Morgan fingerprint density at radius 1 is 1.20 bits per heavy atom. The van der Waals surface area contributed by atoms with Crippen molar-refractivity contribution in [3.8, 4) is 11.4 Å². The largest absolute Gasteiger partial charge is 0.362 e. The summed E-state index contributed by atoms with van der Waals surface area (Å²) in [6.07, 6.45) is 4.64. The number of nitrogens with zero attached hydrogens (tertiary/aromatic N) is 5. The van der Waals surface area contributed by atoms with Crippen LogP contribution in [0.2, 0.25) is 0 Å². The molecule has 0 spiro atoms. The molecule has 3 heterocycles. The maximum Gasteiger partial charge on any atom is 0.214 e. The van der Waals surface area contributed by atoms with Crippen LogP contribution in [0.5, 0.6) is 0 Å². The van der Waals surface area contributed by atoms with E-state index in [2.05, 4.69) is 9.97 Å². The molecule has 0 aliphatic carbocycles. The number of rotatable bonds is 5. The molecule has 2 aromatic rings. The first-order valence-electron chi connectivity index (χ1n) is 8.37. The van der Waals surface area contributed by atoms with Crippen LogP contribution in [-0.4, -0.2) is 54.1 Å². The van der Waals surface area contributed by atoms with Gasteiger partial charge in [0, 0.05) is 44.2 Å². The van der Waals surface area contributed by atoms with Crippen LogP contribution in [-0.2, 0) is 23.0 Å². The van der Waals surface area contributed by atoms with Crippen LogP contribution in [0.3, 0.4) is 0 Å². The number of anilines is 1. The molecular weight excluding hydrogens is 338 g/mol. The van der Waals surface area contributed by atoms with Gasteiger partial charge in [0.05, 0.1) is 18.0 Å². The van der Waals surface area contributed by atoms with Crippen molar-refractivity contribution in [1.82, 2.24) is 19.3 Å². The number of hydrogen-bond acceptors (Lipinski definition) is 6. The van der Waals surface area contributed by atoms with Crippen molar-refractivity contribution in [3.05, 3.63) is 35.8 Å². The van der Waals surface area contributed by atoms with Gasteiger partial charge in [0.15, 0.2) is 5.82 Å². The highest BCUT2D eigenvalue weighted by Gasteiger charge is 2.29. The molecule has 0 aromatic carbocycles. The van der Waals surface area contributed by atoms with E-state index in [1.807, 2.05) is 38.1 Å². The van der Waals surface area contributed by atoms with Gasteiger partial charge in [0.1, 0.15) is 5.82 Å². The topological polar surface area (TPSA) is 79.3 Å². The molecule has 0 saturated heterocycles. The molecule has 0 fully saturated rings. The Bertz CT molecular complexity index is 853. The fraction of sp³-hybridized carbons (Fsp3) is 0.471. The van der Waals surface area contributed by atoms with Crippen molar-refractivity contribution in [1.29, 1.82) is 0 Å². The van der Waals surface area contributed by atoms with Crippen molar-refractivity contribution >= 4 is 15.8 Å². The molecule has 1 aliphatic rings. The zero-order valence-electron chi connectivity index (χ0n) is 14.8. The minimum absolute atomic E-state index is 0.172. The third-order valence-electron chi connectivity index (χ3n) is 4.23. The monoisotopic (exact) mass is 361 g/mol. The van der Waals surface area contributed by atoms with Gasteiger partial charge in [-0.1, -0.05) is 6.92 Å². The van der Waals surface area contributed by atoms with Crippen molar-refractivity contribution in [3.63, 3.8) is 0 Å². The summed E-state index contributed by atoms with van der Waals surface area (Å²) >= 11 is 0. The maximum atomic E-state index is 12.4. The molecule has 8 heteroatoms. The molecule has 0 saturated carbocycles. The lowest BCUT2D eigenvalue weighted by molar-refractivity contribution is 0.385. The van der Waals surface area contributed by atoms with Gasteiger partial charge < -0.3 is 4.90 Å². The quantitative estimate of drug-likeness (QED) is 0.806. The fourth-order valence-electron chi connectivity index (χ4n) is 3.01. The van der Waals surface area contributed by atoms with Crippen molar-refractivity contribution in [2.75, 3.05) is 31.3 Å². The lowest BCUT2D eigenvalue weighted by Gasteiger charge is -2.30. The summed E-state index contributed by atoms with van der Waals surface area (Å²) in [5.41, 5.74) is 2.69. The highest BCUT2D eigenvalue weighted by molar-refractivity contribution is 7.89. The van der Waals surface area contributed by atoms with Crippen LogP contribution >= 0.6 is 0 Å². The number of fused-ring (bicyclic) bond motifs is 1. The number of pyridine rings is 1. The standard InChI is InChI=1S/C17H23N5O2S/c1-4-11-25(23,24)22-10-7-14-15(12-22)19-16(20-17(14)21(2)3)13-5-8-18-9-6-13/h5-6,8-9H,4,7,10-12H2,1-3H3. The summed E-state index contributed by atoms with van der Waals surface area (Å²) in [6.45, 7) is 2.66. The van der Waals surface area contributed by atoms with Gasteiger partial charge >= 0.3 is 0 Å². The summed E-state index contributed by atoms with van der Waals surface area (Å²) in [5.74, 6) is 1.62. The lowest BCUT2D eigenvalue weighted by atomic mass is 10.1. The SMILES string of the molecule is CCCS(=O)(=O)N1CCc2c(nc(-c3ccncc3)nc2N(C)C)C1. The van der Waals surface area contributed by atoms with Gasteiger partial charge in [0.25, 0.3) is 0 Å². The smallest absolute Gasteiger partial charge is 0.214 e. The number of hydrogen-bond donors (Lipinski definition) is 0. The average molecular weight is 361 g/mol. The normalized spacial score (nSPS) is 15.0. The number of aromatic nitrogens is 3. The molecule has 134 valence electrons. The van der Waals surface area contributed by atoms with E-state index in [0.717, 1.165) is 22.6 Å². The molecule has 7 nitrogen and oxygen atoms in total. The molecule has 0 amide bonds. The van der Waals surface area contributed by atoms with Crippen molar-refractivity contribution < 1.29 is 8.42 Å². The van der Waals surface area contributed by atoms with Crippen LogP contribution in [0.1, 0.15) is 24.6 Å². The van der Waals surface area contributed by atoms with E-state index in [1.165, 1.54) is 0 Å². The molecule has 0 radical (unpaired) electrons. The molecule has 0 bridgehead atoms. The minimum atomic E-state index is -3.24. The molecular formula is C17H23N5O2S. The molecule has 25 heavy (non-hydrogen) atoms. The van der Waals surface area contributed by atoms with Gasteiger partial charge in [-0.05, 0) is 25.0 Å². The molecule has 3 rings (SSSR count). The van der Waals surface area contributed by atoms with E-state index < -0.39 is 10.0 Å². The third kappa shape index (κ3) is 3.64. The Kier molecular flexibility index (Phi) is 5.01. The highest BCUT2D eigenvalue weighted by atomic mass is 32.2. The molecule has 0 atom stereocenters. The lowest BCUT2D eigenvalue weighted by Crippen LogP contribution is -2.38. The fourth-order valence-corrected chi connectivity index (χ4v) is 4.47. The van der Waals surface area contributed by atoms with Crippen LogP contribution in [0.4, 0.5) is 5.82 Å². The van der Waals surface area contributed by atoms with E-state index in [9.17, 15) is 8.42 Å². The predicted octanol–water partition coefficient (Wildman–Crippen LogP) is 1.70. The first-order valence-corrected chi connectivity index (χ1v) is 9.98. The molecule has 0 unspecified atom stereocenters. The van der Waals surface area contributed by atoms with Crippen LogP contribution in [0.15, 0.2) is 24.5 Å². The zero-order chi connectivity index (χ0) is 18.0. The minimum Gasteiger partial charge on any atom is -0.362 e. The Balaban J connectivity index is 2.05. The summed E-state index contributed by atoms with van der Waals surface area (Å²) in [6, 6.07) is 3.71. The average Bonchev–Trinajstić information content (AvgIpc) is 2.60. The van der Waals surface area contributed by atoms with Gasteiger partial charge in [0.2, 0.25) is 10.0 Å². The molecule has 1 aliphatic heterocycles. The number of sulfonamides is 1. The van der Waals surface area contributed by atoms with E-state index >= 15 is 0 Å². The van der Waals surface area contributed by atoms with Gasteiger partial charge in [-0.2, -0.15) is 4.31 Å². The second-order valence-electron chi connectivity index (χ2n) is 6.33. The Hall–Kier alpha value is -2.06. The molecule has 0 N–H and O–H groups in total. The second-order valence-corrected chi connectivity index (χ2v) is 8.41. The third-order valence-corrected chi connectivity index (χ3v) is 6.25. The maximum absolute atomic E-state index is 12.4. The van der Waals surface area contributed by atoms with Gasteiger partial charge in [-0.15, -0.1) is 0 Å². The van der Waals surface area contributed by atoms with Crippen LogP contribution in [0, 0.1) is 0 Å². The van der Waals surface area contributed by atoms with E-state index in [4.69, 9.17) is 4.98 Å². The Labute approximate surface area is 148 Å². The predicted molar refractivity (Wildman–Crippen MR) is 97.8 cm³/mol. The van der Waals surface area contributed by atoms with E-state index in [-0.39, 0.29) is 5.75 Å². The van der Waals surface area contributed by atoms with E-state index in [0.29, 0.717) is 31.8 Å². The summed E-state index contributed by atoms with van der Waals surface area (Å²) in [4.78, 5) is 15.4.